The lowest BCUT2D eigenvalue weighted by atomic mass is 9.73. The van der Waals surface area contributed by atoms with Gasteiger partial charge in [-0.3, -0.25) is 9.69 Å². The van der Waals surface area contributed by atoms with Crippen molar-refractivity contribution in [2.24, 2.45) is 5.92 Å². The van der Waals surface area contributed by atoms with Gasteiger partial charge in [0.2, 0.25) is 0 Å². The third kappa shape index (κ3) is 2.45. The number of carbonyl (C=O) groups excluding carboxylic acids is 1. The highest BCUT2D eigenvalue weighted by Crippen LogP contribution is 2.34. The Morgan fingerprint density at radius 2 is 1.95 bits per heavy atom. The molecule has 1 aliphatic rings. The third-order valence-corrected chi connectivity index (χ3v) is 4.50. The van der Waals surface area contributed by atoms with Gasteiger partial charge < -0.3 is 4.90 Å². The van der Waals surface area contributed by atoms with Crippen molar-refractivity contribution in [2.45, 2.75) is 18.9 Å². The molecule has 0 aromatic heterocycles. The zero-order valence-corrected chi connectivity index (χ0v) is 12.4. The Balaban J connectivity index is 2.38. The van der Waals surface area contributed by atoms with E-state index in [0.29, 0.717) is 5.92 Å². The Hall–Kier alpha value is -1.19. The number of Topliss-reactive ketones (excluding diaryl/α,β-unsaturated/α-hetero) is 1. The van der Waals surface area contributed by atoms with Crippen molar-refractivity contribution in [1.82, 2.24) is 9.80 Å². The molecule has 1 fully saturated rings. The second kappa shape index (κ2) is 5.43. The molecular formula is C16H24N2O. The number of ketones is 1. The minimum absolute atomic E-state index is 0.263. The van der Waals surface area contributed by atoms with E-state index in [1.165, 1.54) is 0 Å². The summed E-state index contributed by atoms with van der Waals surface area (Å²) in [5.41, 5.74) is 0.459. The smallest absolute Gasteiger partial charge is 0.183 e. The van der Waals surface area contributed by atoms with E-state index in [9.17, 15) is 4.79 Å². The summed E-state index contributed by atoms with van der Waals surface area (Å²) in [7, 11) is 6.19. The highest BCUT2D eigenvalue weighted by molar-refractivity contribution is 6.03. The SMILES string of the molecule is CC1CN(C)CCC1(C(=O)c1ccccc1)N(C)C. The predicted molar refractivity (Wildman–Crippen MR) is 78.5 cm³/mol. The zero-order chi connectivity index (χ0) is 14.0. The van der Waals surface area contributed by atoms with Crippen LogP contribution in [0.5, 0.6) is 0 Å². The summed E-state index contributed by atoms with van der Waals surface area (Å²) in [5, 5.41) is 0. The van der Waals surface area contributed by atoms with Gasteiger partial charge >= 0.3 is 0 Å². The molecule has 0 N–H and O–H groups in total. The number of likely N-dealkylation sites (tertiary alicyclic amines) is 1. The molecule has 1 aliphatic heterocycles. The van der Waals surface area contributed by atoms with Crippen LogP contribution in [0.2, 0.25) is 0 Å². The summed E-state index contributed by atoms with van der Waals surface area (Å²) in [6.07, 6.45) is 0.894. The molecule has 104 valence electrons. The monoisotopic (exact) mass is 260 g/mol. The van der Waals surface area contributed by atoms with Crippen molar-refractivity contribution in [3.8, 4) is 0 Å². The second-order valence-corrected chi connectivity index (χ2v) is 5.93. The fourth-order valence-electron chi connectivity index (χ4n) is 3.36. The summed E-state index contributed by atoms with van der Waals surface area (Å²) >= 11 is 0. The molecular weight excluding hydrogens is 236 g/mol. The highest BCUT2D eigenvalue weighted by atomic mass is 16.1. The van der Waals surface area contributed by atoms with Crippen LogP contribution in [0.15, 0.2) is 30.3 Å². The van der Waals surface area contributed by atoms with Gasteiger partial charge in [-0.05, 0) is 33.5 Å². The maximum absolute atomic E-state index is 13.0. The first-order valence-electron chi connectivity index (χ1n) is 6.94. The van der Waals surface area contributed by atoms with Crippen LogP contribution in [0.25, 0.3) is 0 Å². The average molecular weight is 260 g/mol. The molecule has 1 heterocycles. The number of carbonyl (C=O) groups is 1. The highest BCUT2D eigenvalue weighted by Gasteiger charge is 2.47. The van der Waals surface area contributed by atoms with Gasteiger partial charge in [0.15, 0.2) is 5.78 Å². The number of nitrogens with zero attached hydrogens (tertiary/aromatic N) is 2. The summed E-state index contributed by atoms with van der Waals surface area (Å²) < 4.78 is 0. The molecule has 1 aromatic rings. The van der Waals surface area contributed by atoms with E-state index in [4.69, 9.17) is 0 Å². The molecule has 0 amide bonds. The molecule has 3 heteroatoms. The molecule has 0 saturated carbocycles. The van der Waals surface area contributed by atoms with Gasteiger partial charge in [0.05, 0.1) is 5.54 Å². The summed E-state index contributed by atoms with van der Waals surface area (Å²) in [6, 6.07) is 9.70. The first-order chi connectivity index (χ1) is 8.98. The van der Waals surface area contributed by atoms with Gasteiger partial charge in [0.1, 0.15) is 0 Å². The second-order valence-electron chi connectivity index (χ2n) is 5.93. The molecule has 2 unspecified atom stereocenters. The van der Waals surface area contributed by atoms with Crippen LogP contribution in [0.1, 0.15) is 23.7 Å². The number of hydrogen-bond acceptors (Lipinski definition) is 3. The van der Waals surface area contributed by atoms with Crippen LogP contribution in [0, 0.1) is 5.92 Å². The molecule has 1 saturated heterocycles. The summed E-state index contributed by atoms with van der Waals surface area (Å²) in [4.78, 5) is 17.5. The largest absolute Gasteiger partial charge is 0.306 e. The standard InChI is InChI=1S/C16H24N2O/c1-13-12-18(4)11-10-16(13,17(2)3)15(19)14-8-6-5-7-9-14/h5-9,13H,10-12H2,1-4H3. The van der Waals surface area contributed by atoms with Crippen molar-refractivity contribution in [2.75, 3.05) is 34.2 Å². The zero-order valence-electron chi connectivity index (χ0n) is 12.4. The van der Waals surface area contributed by atoms with Crippen LogP contribution < -0.4 is 0 Å². The molecule has 0 aliphatic carbocycles. The van der Waals surface area contributed by atoms with Crippen LogP contribution in [-0.2, 0) is 0 Å². The van der Waals surface area contributed by atoms with Crippen LogP contribution in [0.4, 0.5) is 0 Å². The molecule has 3 nitrogen and oxygen atoms in total. The Morgan fingerprint density at radius 3 is 2.47 bits per heavy atom. The number of likely N-dealkylation sites (N-methyl/N-ethyl adjacent to an activating group) is 1. The minimum Gasteiger partial charge on any atom is -0.306 e. The number of piperidine rings is 1. The van der Waals surface area contributed by atoms with E-state index in [-0.39, 0.29) is 11.3 Å². The molecule has 0 bridgehead atoms. The lowest BCUT2D eigenvalue weighted by Crippen LogP contribution is -2.62. The van der Waals surface area contributed by atoms with E-state index in [1.807, 2.05) is 44.4 Å². The summed E-state index contributed by atoms with van der Waals surface area (Å²) in [5.74, 6) is 0.590. The topological polar surface area (TPSA) is 23.6 Å². The van der Waals surface area contributed by atoms with Gasteiger partial charge in [0.25, 0.3) is 0 Å². The summed E-state index contributed by atoms with van der Waals surface area (Å²) in [6.45, 7) is 4.13. The fourth-order valence-corrected chi connectivity index (χ4v) is 3.36. The number of benzene rings is 1. The van der Waals surface area contributed by atoms with Crippen molar-refractivity contribution < 1.29 is 4.79 Å². The molecule has 0 spiro atoms. The first kappa shape index (κ1) is 14.2. The normalized spacial score (nSPS) is 28.6. The van der Waals surface area contributed by atoms with Crippen molar-refractivity contribution >= 4 is 5.78 Å². The van der Waals surface area contributed by atoms with Crippen LogP contribution >= 0.6 is 0 Å². The molecule has 2 rings (SSSR count). The Labute approximate surface area is 116 Å². The molecule has 19 heavy (non-hydrogen) atoms. The maximum Gasteiger partial charge on any atom is 0.183 e. The van der Waals surface area contributed by atoms with Gasteiger partial charge in [0, 0.05) is 18.7 Å². The number of rotatable bonds is 3. The first-order valence-corrected chi connectivity index (χ1v) is 6.94. The fraction of sp³-hybridized carbons (Fsp3) is 0.562. The van der Waals surface area contributed by atoms with E-state index in [0.717, 1.165) is 25.1 Å². The Kier molecular flexibility index (Phi) is 4.07. The lowest BCUT2D eigenvalue weighted by Gasteiger charge is -2.48. The van der Waals surface area contributed by atoms with E-state index in [1.54, 1.807) is 0 Å². The lowest BCUT2D eigenvalue weighted by molar-refractivity contribution is 0.0182. The van der Waals surface area contributed by atoms with Gasteiger partial charge in [-0.15, -0.1) is 0 Å². The minimum atomic E-state index is -0.367. The Bertz CT molecular complexity index is 443. The Morgan fingerprint density at radius 1 is 1.32 bits per heavy atom. The third-order valence-electron chi connectivity index (χ3n) is 4.50. The molecule has 1 aromatic carbocycles. The average Bonchev–Trinajstić information content (AvgIpc) is 2.39. The van der Waals surface area contributed by atoms with E-state index in [2.05, 4.69) is 23.8 Å². The van der Waals surface area contributed by atoms with Crippen molar-refractivity contribution in [3.63, 3.8) is 0 Å². The van der Waals surface area contributed by atoms with Gasteiger partial charge in [-0.2, -0.15) is 0 Å². The van der Waals surface area contributed by atoms with Crippen molar-refractivity contribution in [3.05, 3.63) is 35.9 Å². The maximum atomic E-state index is 13.0. The van der Waals surface area contributed by atoms with Crippen molar-refractivity contribution in [1.29, 1.82) is 0 Å². The quantitative estimate of drug-likeness (QED) is 0.778. The molecule has 2 atom stereocenters. The molecule has 0 radical (unpaired) electrons. The van der Waals surface area contributed by atoms with Gasteiger partial charge in [-0.1, -0.05) is 37.3 Å². The van der Waals surface area contributed by atoms with Crippen LogP contribution in [0.3, 0.4) is 0 Å². The predicted octanol–water partition coefficient (Wildman–Crippen LogP) is 2.14. The number of hydrogen-bond donors (Lipinski definition) is 0. The van der Waals surface area contributed by atoms with Gasteiger partial charge in [-0.25, -0.2) is 0 Å². The van der Waals surface area contributed by atoms with Crippen LogP contribution in [-0.4, -0.2) is 55.4 Å². The van der Waals surface area contributed by atoms with E-state index >= 15 is 0 Å². The van der Waals surface area contributed by atoms with E-state index < -0.39 is 0 Å².